The second-order valence-corrected chi connectivity index (χ2v) is 7.90. The van der Waals surface area contributed by atoms with Crippen LogP contribution < -0.4 is 10.6 Å². The summed E-state index contributed by atoms with van der Waals surface area (Å²) in [7, 11) is -2.88. The van der Waals surface area contributed by atoms with Crippen LogP contribution in [0.1, 0.15) is 18.4 Å². The average molecular weight is 331 g/mol. The molecule has 1 aliphatic rings. The van der Waals surface area contributed by atoms with Crippen molar-refractivity contribution in [3.05, 3.63) is 28.8 Å². The van der Waals surface area contributed by atoms with Gasteiger partial charge in [0.1, 0.15) is 0 Å². The molecule has 0 radical (unpaired) electrons. The lowest BCUT2D eigenvalue weighted by atomic mass is 10.2. The number of sulfone groups is 1. The van der Waals surface area contributed by atoms with Crippen LogP contribution >= 0.6 is 11.6 Å². The van der Waals surface area contributed by atoms with Crippen LogP contribution in [0, 0.1) is 6.92 Å². The van der Waals surface area contributed by atoms with E-state index in [1.165, 1.54) is 0 Å². The lowest BCUT2D eigenvalue weighted by Gasteiger charge is -2.12. The van der Waals surface area contributed by atoms with Crippen molar-refractivity contribution in [1.29, 1.82) is 0 Å². The zero-order chi connectivity index (χ0) is 15.5. The van der Waals surface area contributed by atoms with Crippen molar-refractivity contribution in [3.63, 3.8) is 0 Å². The molecule has 1 aromatic rings. The summed E-state index contributed by atoms with van der Waals surface area (Å²) in [5.74, 6) is 0.286. The van der Waals surface area contributed by atoms with Crippen LogP contribution in [0.4, 0.5) is 5.69 Å². The van der Waals surface area contributed by atoms with Crippen molar-refractivity contribution in [1.82, 2.24) is 5.32 Å². The van der Waals surface area contributed by atoms with Gasteiger partial charge in [-0.15, -0.1) is 0 Å². The van der Waals surface area contributed by atoms with Gasteiger partial charge >= 0.3 is 0 Å². The Morgan fingerprint density at radius 2 is 2.19 bits per heavy atom. The molecule has 0 spiro atoms. The van der Waals surface area contributed by atoms with Crippen LogP contribution in [0.5, 0.6) is 0 Å². The van der Waals surface area contributed by atoms with E-state index in [0.717, 1.165) is 5.56 Å². The molecule has 7 heteroatoms. The molecule has 0 aliphatic carbocycles. The van der Waals surface area contributed by atoms with Gasteiger partial charge in [-0.05, 0) is 31.0 Å². The number of halogens is 1. The molecule has 1 aromatic carbocycles. The van der Waals surface area contributed by atoms with Crippen LogP contribution in [0.2, 0.25) is 5.02 Å². The number of carbonyl (C=O) groups is 1. The summed E-state index contributed by atoms with van der Waals surface area (Å²) in [5.41, 5.74) is 1.54. The third-order valence-electron chi connectivity index (χ3n) is 3.56. The molecule has 1 atom stereocenters. The highest BCUT2D eigenvalue weighted by Crippen LogP contribution is 2.22. The molecule has 1 saturated heterocycles. The van der Waals surface area contributed by atoms with Gasteiger partial charge in [-0.3, -0.25) is 4.79 Å². The predicted molar refractivity (Wildman–Crippen MR) is 84.5 cm³/mol. The third-order valence-corrected chi connectivity index (χ3v) is 5.74. The van der Waals surface area contributed by atoms with Crippen LogP contribution in [0.15, 0.2) is 18.2 Å². The largest absolute Gasteiger partial charge is 0.326 e. The highest BCUT2D eigenvalue weighted by atomic mass is 35.5. The molecule has 1 unspecified atom stereocenters. The number of benzene rings is 1. The molecule has 2 rings (SSSR count). The Morgan fingerprint density at radius 1 is 1.43 bits per heavy atom. The molecule has 0 bridgehead atoms. The first kappa shape index (κ1) is 16.3. The lowest BCUT2D eigenvalue weighted by molar-refractivity contribution is -0.116. The fourth-order valence-corrected chi connectivity index (χ4v) is 4.18. The van der Waals surface area contributed by atoms with Crippen molar-refractivity contribution < 1.29 is 13.2 Å². The first-order valence-electron chi connectivity index (χ1n) is 6.86. The van der Waals surface area contributed by atoms with Crippen LogP contribution in [0.25, 0.3) is 0 Å². The van der Waals surface area contributed by atoms with Crippen molar-refractivity contribution in [2.75, 3.05) is 23.4 Å². The van der Waals surface area contributed by atoms with E-state index in [1.54, 1.807) is 18.2 Å². The van der Waals surface area contributed by atoms with E-state index in [4.69, 9.17) is 11.6 Å². The predicted octanol–water partition coefficient (Wildman–Crippen LogP) is 1.75. The summed E-state index contributed by atoms with van der Waals surface area (Å²) in [6, 6.07) is 5.33. The highest BCUT2D eigenvalue weighted by molar-refractivity contribution is 7.91. The summed E-state index contributed by atoms with van der Waals surface area (Å²) in [6.07, 6.45) is 0.917. The van der Waals surface area contributed by atoms with E-state index in [2.05, 4.69) is 10.6 Å². The van der Waals surface area contributed by atoms with E-state index >= 15 is 0 Å². The fraction of sp³-hybridized carbons (Fsp3) is 0.500. The zero-order valence-corrected chi connectivity index (χ0v) is 13.4. The summed E-state index contributed by atoms with van der Waals surface area (Å²) < 4.78 is 22.6. The maximum absolute atomic E-state index is 11.9. The monoisotopic (exact) mass is 330 g/mol. The Balaban J connectivity index is 1.77. The Bertz CT molecular complexity index is 631. The third kappa shape index (κ3) is 4.69. The van der Waals surface area contributed by atoms with Crippen LogP contribution in [0.3, 0.4) is 0 Å². The zero-order valence-electron chi connectivity index (χ0n) is 11.9. The topological polar surface area (TPSA) is 75.3 Å². The first-order chi connectivity index (χ1) is 9.87. The van der Waals surface area contributed by atoms with Gasteiger partial charge in [-0.1, -0.05) is 17.7 Å². The SMILES string of the molecule is Cc1c(Cl)cccc1NC(=O)CCNC1CCS(=O)(=O)C1. The van der Waals surface area contributed by atoms with Gasteiger partial charge in [0, 0.05) is 29.7 Å². The summed E-state index contributed by atoms with van der Waals surface area (Å²) >= 11 is 5.99. The number of amides is 1. The van der Waals surface area contributed by atoms with Gasteiger partial charge in [0.25, 0.3) is 0 Å². The summed E-state index contributed by atoms with van der Waals surface area (Å²) in [5, 5.41) is 6.54. The molecule has 1 aliphatic heterocycles. The summed E-state index contributed by atoms with van der Waals surface area (Å²) in [4.78, 5) is 11.9. The number of hydrogen-bond acceptors (Lipinski definition) is 4. The van der Waals surface area contributed by atoms with E-state index in [9.17, 15) is 13.2 Å². The minimum Gasteiger partial charge on any atom is -0.326 e. The number of rotatable bonds is 5. The number of hydrogen-bond donors (Lipinski definition) is 2. The Kier molecular flexibility index (Phi) is 5.24. The molecular weight excluding hydrogens is 312 g/mol. The molecular formula is C14H19ClN2O3S. The van der Waals surface area contributed by atoms with E-state index < -0.39 is 9.84 Å². The second-order valence-electron chi connectivity index (χ2n) is 5.26. The maximum Gasteiger partial charge on any atom is 0.225 e. The van der Waals surface area contributed by atoms with E-state index in [1.807, 2.05) is 6.92 Å². The quantitative estimate of drug-likeness (QED) is 0.862. The highest BCUT2D eigenvalue weighted by Gasteiger charge is 2.27. The Morgan fingerprint density at radius 3 is 2.86 bits per heavy atom. The Hall–Kier alpha value is -1.11. The van der Waals surface area contributed by atoms with Crippen LogP contribution in [-0.4, -0.2) is 38.4 Å². The molecule has 0 aromatic heterocycles. The molecule has 0 saturated carbocycles. The van der Waals surface area contributed by atoms with Gasteiger partial charge in [0.2, 0.25) is 5.91 Å². The number of nitrogens with one attached hydrogen (secondary N) is 2. The van der Waals surface area contributed by atoms with Crippen molar-refractivity contribution in [2.24, 2.45) is 0 Å². The van der Waals surface area contributed by atoms with Gasteiger partial charge in [-0.2, -0.15) is 0 Å². The van der Waals surface area contributed by atoms with Crippen molar-refractivity contribution >= 4 is 33.0 Å². The molecule has 1 fully saturated rings. The number of anilines is 1. The number of carbonyl (C=O) groups excluding carboxylic acids is 1. The van der Waals surface area contributed by atoms with Gasteiger partial charge in [0.05, 0.1) is 11.5 Å². The average Bonchev–Trinajstić information content (AvgIpc) is 2.75. The van der Waals surface area contributed by atoms with Crippen molar-refractivity contribution in [3.8, 4) is 0 Å². The van der Waals surface area contributed by atoms with Gasteiger partial charge in [-0.25, -0.2) is 8.42 Å². The lowest BCUT2D eigenvalue weighted by Crippen LogP contribution is -2.32. The first-order valence-corrected chi connectivity index (χ1v) is 9.06. The van der Waals surface area contributed by atoms with Gasteiger partial charge < -0.3 is 10.6 Å². The summed E-state index contributed by atoms with van der Waals surface area (Å²) in [6.45, 7) is 2.31. The molecule has 2 N–H and O–H groups in total. The normalized spacial score (nSPS) is 20.4. The molecule has 1 amide bonds. The van der Waals surface area contributed by atoms with Gasteiger partial charge in [0.15, 0.2) is 9.84 Å². The molecule has 1 heterocycles. The van der Waals surface area contributed by atoms with Crippen molar-refractivity contribution in [2.45, 2.75) is 25.8 Å². The van der Waals surface area contributed by atoms with Crippen LogP contribution in [-0.2, 0) is 14.6 Å². The van der Waals surface area contributed by atoms with E-state index in [-0.39, 0.29) is 23.5 Å². The molecule has 116 valence electrons. The molecule has 21 heavy (non-hydrogen) atoms. The minimum atomic E-state index is -2.88. The fourth-order valence-electron chi connectivity index (χ4n) is 2.30. The molecule has 5 nitrogen and oxygen atoms in total. The Labute approximate surface area is 130 Å². The minimum absolute atomic E-state index is 0.0318. The smallest absolute Gasteiger partial charge is 0.225 e. The second kappa shape index (κ2) is 6.77. The maximum atomic E-state index is 11.9. The van der Waals surface area contributed by atoms with E-state index in [0.29, 0.717) is 30.1 Å². The standard InChI is InChI=1S/C14H19ClN2O3S/c1-10-12(15)3-2-4-13(10)17-14(18)5-7-16-11-6-8-21(19,20)9-11/h2-4,11,16H,5-9H2,1H3,(H,17,18).